The topological polar surface area (TPSA) is 49.7 Å². The first-order chi connectivity index (χ1) is 7.08. The lowest BCUT2D eigenvalue weighted by Crippen LogP contribution is -2.19. The van der Waals surface area contributed by atoms with Crippen LogP contribution in [0.25, 0.3) is 0 Å². The van der Waals surface area contributed by atoms with E-state index in [1.54, 1.807) is 18.2 Å². The zero-order chi connectivity index (χ0) is 11.4. The quantitative estimate of drug-likeness (QED) is 0.837. The molecule has 0 fully saturated rings. The van der Waals surface area contributed by atoms with E-state index >= 15 is 0 Å². The molecule has 0 aliphatic rings. The second-order valence-electron chi connectivity index (χ2n) is 3.09. The summed E-state index contributed by atoms with van der Waals surface area (Å²) in [6, 6.07) is 4.88. The Bertz CT molecular complexity index is 332. The molecule has 3 nitrogen and oxygen atoms in total. The van der Waals surface area contributed by atoms with Crippen LogP contribution < -0.4 is 4.74 Å². The molecular formula is C10H12BrClO3. The number of aliphatic hydroxyl groups excluding tert-OH is 2. The number of ether oxygens (including phenoxy) is 1. The van der Waals surface area contributed by atoms with Crippen LogP contribution in [0.3, 0.4) is 0 Å². The van der Waals surface area contributed by atoms with E-state index in [4.69, 9.17) is 16.3 Å². The van der Waals surface area contributed by atoms with Crippen LogP contribution in [0, 0.1) is 0 Å². The van der Waals surface area contributed by atoms with E-state index in [0.29, 0.717) is 21.7 Å². The first-order valence-corrected chi connectivity index (χ1v) is 5.85. The van der Waals surface area contributed by atoms with Crippen LogP contribution >= 0.6 is 27.5 Å². The fourth-order valence-electron chi connectivity index (χ4n) is 1.18. The molecule has 1 aromatic carbocycles. The summed E-state index contributed by atoms with van der Waals surface area (Å²) in [4.78, 5) is 0. The van der Waals surface area contributed by atoms with Crippen molar-refractivity contribution in [1.82, 2.24) is 0 Å². The van der Waals surface area contributed by atoms with Gasteiger partial charge < -0.3 is 14.9 Å². The van der Waals surface area contributed by atoms with Crippen molar-refractivity contribution in [1.29, 1.82) is 0 Å². The van der Waals surface area contributed by atoms with E-state index in [1.807, 2.05) is 0 Å². The smallest absolute Gasteiger partial charge is 0.120 e. The molecule has 0 aliphatic carbocycles. The number of alkyl halides is 1. The molecule has 0 saturated carbocycles. The number of methoxy groups -OCH3 is 1. The lowest BCUT2D eigenvalue weighted by molar-refractivity contribution is 0.0341. The van der Waals surface area contributed by atoms with Crippen LogP contribution in [-0.2, 0) is 0 Å². The number of benzene rings is 1. The zero-order valence-corrected chi connectivity index (χ0v) is 10.5. The molecule has 0 bridgehead atoms. The maximum atomic E-state index is 9.74. The predicted octanol–water partition coefficient (Wildman–Crippen LogP) is 2.14. The van der Waals surface area contributed by atoms with Gasteiger partial charge in [0.25, 0.3) is 0 Å². The first kappa shape index (κ1) is 12.8. The van der Waals surface area contributed by atoms with Gasteiger partial charge in [-0.15, -0.1) is 0 Å². The molecule has 0 aliphatic heterocycles. The van der Waals surface area contributed by atoms with Crippen molar-refractivity contribution < 1.29 is 14.9 Å². The molecule has 0 aromatic heterocycles. The highest BCUT2D eigenvalue weighted by atomic mass is 79.9. The summed E-state index contributed by atoms with van der Waals surface area (Å²) in [6.07, 6.45) is -1.84. The van der Waals surface area contributed by atoms with E-state index in [2.05, 4.69) is 15.9 Å². The molecular weight excluding hydrogens is 283 g/mol. The van der Waals surface area contributed by atoms with Crippen molar-refractivity contribution in [3.05, 3.63) is 28.8 Å². The minimum Gasteiger partial charge on any atom is -0.497 e. The van der Waals surface area contributed by atoms with E-state index < -0.39 is 12.2 Å². The van der Waals surface area contributed by atoms with Gasteiger partial charge in [-0.25, -0.2) is 0 Å². The molecule has 0 heterocycles. The van der Waals surface area contributed by atoms with Crippen LogP contribution in [-0.4, -0.2) is 28.8 Å². The minimum atomic E-state index is -0.975. The monoisotopic (exact) mass is 294 g/mol. The lowest BCUT2D eigenvalue weighted by Gasteiger charge is -2.16. The summed E-state index contributed by atoms with van der Waals surface area (Å²) >= 11 is 8.93. The Morgan fingerprint density at radius 1 is 1.40 bits per heavy atom. The molecule has 0 saturated heterocycles. The summed E-state index contributed by atoms with van der Waals surface area (Å²) < 4.78 is 5.01. The molecule has 2 N–H and O–H groups in total. The largest absolute Gasteiger partial charge is 0.497 e. The lowest BCUT2D eigenvalue weighted by atomic mass is 10.1. The van der Waals surface area contributed by atoms with Crippen LogP contribution in [0.15, 0.2) is 18.2 Å². The fraction of sp³-hybridized carbons (Fsp3) is 0.400. The summed E-state index contributed by atoms with van der Waals surface area (Å²) in [5.74, 6) is 0.554. The van der Waals surface area contributed by atoms with Crippen molar-refractivity contribution in [3.8, 4) is 5.75 Å². The average Bonchev–Trinajstić information content (AvgIpc) is 2.26. The third-order valence-corrected chi connectivity index (χ3v) is 2.88. The van der Waals surface area contributed by atoms with Gasteiger partial charge in [-0.1, -0.05) is 27.5 Å². The molecule has 2 atom stereocenters. The van der Waals surface area contributed by atoms with Crippen molar-refractivity contribution in [2.24, 2.45) is 0 Å². The van der Waals surface area contributed by atoms with Gasteiger partial charge in [0.2, 0.25) is 0 Å². The summed E-state index contributed by atoms with van der Waals surface area (Å²) in [6.45, 7) is 0. The van der Waals surface area contributed by atoms with Crippen LogP contribution in [0.1, 0.15) is 11.7 Å². The van der Waals surface area contributed by atoms with Crippen molar-refractivity contribution in [3.63, 3.8) is 0 Å². The van der Waals surface area contributed by atoms with Crippen LogP contribution in [0.2, 0.25) is 5.02 Å². The normalized spacial score (nSPS) is 14.7. The molecule has 1 rings (SSSR count). The molecule has 1 aromatic rings. The molecule has 5 heteroatoms. The Labute approximate surface area is 102 Å². The number of rotatable bonds is 4. The summed E-state index contributed by atoms with van der Waals surface area (Å²) in [7, 11) is 1.52. The van der Waals surface area contributed by atoms with Gasteiger partial charge in [0, 0.05) is 10.4 Å². The van der Waals surface area contributed by atoms with Crippen molar-refractivity contribution >= 4 is 27.5 Å². The average molecular weight is 296 g/mol. The predicted molar refractivity (Wildman–Crippen MR) is 62.8 cm³/mol. The summed E-state index contributed by atoms with van der Waals surface area (Å²) in [5, 5.41) is 20.0. The Kier molecular flexibility index (Phi) is 4.86. The van der Waals surface area contributed by atoms with Gasteiger partial charge in [-0.2, -0.15) is 0 Å². The van der Waals surface area contributed by atoms with E-state index in [1.165, 1.54) is 7.11 Å². The second kappa shape index (κ2) is 5.70. The number of aliphatic hydroxyl groups is 2. The Balaban J connectivity index is 2.97. The third-order valence-electron chi connectivity index (χ3n) is 1.99. The number of halogens is 2. The highest BCUT2D eigenvalue weighted by Crippen LogP contribution is 2.26. The molecule has 0 amide bonds. The molecule has 2 unspecified atom stereocenters. The van der Waals surface area contributed by atoms with Crippen molar-refractivity contribution in [2.75, 3.05) is 12.4 Å². The Hall–Kier alpha value is -0.290. The first-order valence-electron chi connectivity index (χ1n) is 4.35. The second-order valence-corrected chi connectivity index (χ2v) is 4.17. The highest BCUT2D eigenvalue weighted by molar-refractivity contribution is 9.09. The zero-order valence-electron chi connectivity index (χ0n) is 8.15. The minimum absolute atomic E-state index is 0.295. The molecule has 84 valence electrons. The summed E-state index contributed by atoms with van der Waals surface area (Å²) in [5.41, 5.74) is 0.534. The van der Waals surface area contributed by atoms with Gasteiger partial charge in [0.15, 0.2) is 0 Å². The van der Waals surface area contributed by atoms with Gasteiger partial charge >= 0.3 is 0 Å². The highest BCUT2D eigenvalue weighted by Gasteiger charge is 2.18. The van der Waals surface area contributed by atoms with Crippen LogP contribution in [0.5, 0.6) is 5.75 Å². The van der Waals surface area contributed by atoms with E-state index in [0.717, 1.165) is 0 Å². The van der Waals surface area contributed by atoms with Gasteiger partial charge in [0.05, 0.1) is 13.2 Å². The van der Waals surface area contributed by atoms with Crippen LogP contribution in [0.4, 0.5) is 0 Å². The fourth-order valence-corrected chi connectivity index (χ4v) is 1.77. The van der Waals surface area contributed by atoms with Gasteiger partial charge in [-0.05, 0) is 23.8 Å². The third kappa shape index (κ3) is 3.34. The van der Waals surface area contributed by atoms with Gasteiger partial charge in [-0.3, -0.25) is 0 Å². The molecule has 0 radical (unpaired) electrons. The molecule has 0 spiro atoms. The Morgan fingerprint density at radius 2 is 2.07 bits per heavy atom. The molecule has 15 heavy (non-hydrogen) atoms. The number of hydrogen-bond acceptors (Lipinski definition) is 3. The standard InChI is InChI=1S/C10H12BrClO3/c1-15-8-3-6(2-7(12)4-8)10(14)9(13)5-11/h2-4,9-10,13-14H,5H2,1H3. The SMILES string of the molecule is COc1cc(Cl)cc(C(O)C(O)CBr)c1. The van der Waals surface area contributed by atoms with Gasteiger partial charge in [0.1, 0.15) is 11.9 Å². The maximum absolute atomic E-state index is 9.74. The number of hydrogen-bond donors (Lipinski definition) is 2. The van der Waals surface area contributed by atoms with E-state index in [9.17, 15) is 10.2 Å². The Morgan fingerprint density at radius 3 is 2.60 bits per heavy atom. The van der Waals surface area contributed by atoms with E-state index in [-0.39, 0.29) is 0 Å². The van der Waals surface area contributed by atoms with Crippen molar-refractivity contribution in [2.45, 2.75) is 12.2 Å². The maximum Gasteiger partial charge on any atom is 0.120 e.